The highest BCUT2D eigenvalue weighted by atomic mass is 35.5. The molecule has 0 bridgehead atoms. The molecule has 0 aliphatic heterocycles. The molecule has 2 heterocycles. The number of H-pyrrole nitrogens is 1. The van der Waals surface area contributed by atoms with Gasteiger partial charge in [0.2, 0.25) is 0 Å². The first kappa shape index (κ1) is 26.4. The standard InChI is InChI=1S/C22H28ClN5O3.C2H6/c1-4-5-9-15(24)12-25-20-16(11-14-8-6-7-10-17(14)23)19-21(29)26-18(22(30)31-3)13(2)28(19)27-20;1-2/h6-8,10,15H,4-5,9,11-12,24H2,1-3H3,(H,25,27)(H,26,29);1-2H3/t15-;/m1./s1. The molecule has 0 aliphatic rings. The van der Waals surface area contributed by atoms with Crippen LogP contribution >= 0.6 is 11.6 Å². The van der Waals surface area contributed by atoms with Crippen molar-refractivity contribution in [2.24, 2.45) is 5.73 Å². The molecule has 1 atom stereocenters. The molecule has 33 heavy (non-hydrogen) atoms. The van der Waals surface area contributed by atoms with Crippen LogP contribution in [0.2, 0.25) is 5.02 Å². The zero-order valence-corrected chi connectivity index (χ0v) is 20.8. The summed E-state index contributed by atoms with van der Waals surface area (Å²) in [6, 6.07) is 7.43. The van der Waals surface area contributed by atoms with E-state index >= 15 is 0 Å². The first-order valence-corrected chi connectivity index (χ1v) is 11.7. The molecular weight excluding hydrogens is 442 g/mol. The van der Waals surface area contributed by atoms with Crippen LogP contribution in [0, 0.1) is 6.92 Å². The maximum absolute atomic E-state index is 13.0. The normalized spacial score (nSPS) is 11.6. The number of nitrogens with two attached hydrogens (primary N) is 1. The molecule has 0 radical (unpaired) electrons. The van der Waals surface area contributed by atoms with Crippen LogP contribution in [-0.2, 0) is 11.2 Å². The van der Waals surface area contributed by atoms with Crippen LogP contribution < -0.4 is 16.6 Å². The fourth-order valence-electron chi connectivity index (χ4n) is 3.53. The number of carbonyl (C=O) groups is 1. The largest absolute Gasteiger partial charge is 0.464 e. The number of ether oxygens (including phenoxy) is 1. The van der Waals surface area contributed by atoms with Crippen molar-refractivity contribution in [3.63, 3.8) is 0 Å². The van der Waals surface area contributed by atoms with Crippen molar-refractivity contribution < 1.29 is 9.53 Å². The second-order valence-corrected chi connectivity index (χ2v) is 7.95. The summed E-state index contributed by atoms with van der Waals surface area (Å²) in [5.41, 5.74) is 8.26. The van der Waals surface area contributed by atoms with Gasteiger partial charge in [0.1, 0.15) is 11.2 Å². The van der Waals surface area contributed by atoms with Gasteiger partial charge >= 0.3 is 5.97 Å². The molecule has 0 aliphatic carbocycles. The van der Waals surface area contributed by atoms with E-state index in [9.17, 15) is 9.59 Å². The molecular formula is C24H34ClN5O3. The Hall–Kier alpha value is -2.84. The summed E-state index contributed by atoms with van der Waals surface area (Å²) in [5.74, 6) is -0.0850. The number of aromatic amines is 1. The van der Waals surface area contributed by atoms with Crippen molar-refractivity contribution in [1.82, 2.24) is 14.6 Å². The predicted octanol–water partition coefficient (Wildman–Crippen LogP) is 4.32. The lowest BCUT2D eigenvalue weighted by Gasteiger charge is -2.13. The van der Waals surface area contributed by atoms with E-state index in [1.54, 1.807) is 13.0 Å². The molecule has 2 aromatic heterocycles. The molecule has 0 fully saturated rings. The number of anilines is 1. The van der Waals surface area contributed by atoms with E-state index in [2.05, 4.69) is 22.3 Å². The average Bonchev–Trinajstić information content (AvgIpc) is 3.20. The molecule has 0 amide bonds. The number of aromatic nitrogens is 3. The number of methoxy groups -OCH3 is 1. The van der Waals surface area contributed by atoms with E-state index in [-0.39, 0.29) is 11.7 Å². The number of fused-ring (bicyclic) bond motifs is 1. The molecule has 4 N–H and O–H groups in total. The minimum atomic E-state index is -0.629. The SMILES string of the molecule is CC.CCCC[C@@H](N)CNc1nn2c(C)c(C(=O)OC)[nH]c(=O)c2c1Cc1ccccc1Cl. The molecule has 0 saturated carbocycles. The number of esters is 1. The van der Waals surface area contributed by atoms with E-state index in [0.29, 0.717) is 40.6 Å². The highest BCUT2D eigenvalue weighted by Gasteiger charge is 2.23. The Balaban J connectivity index is 0.00000187. The summed E-state index contributed by atoms with van der Waals surface area (Å²) in [6.07, 6.45) is 3.41. The van der Waals surface area contributed by atoms with Gasteiger partial charge in [-0.2, -0.15) is 0 Å². The smallest absolute Gasteiger partial charge is 0.356 e. The lowest BCUT2D eigenvalue weighted by Crippen LogP contribution is -2.29. The summed E-state index contributed by atoms with van der Waals surface area (Å²) in [4.78, 5) is 27.7. The fourth-order valence-corrected chi connectivity index (χ4v) is 3.74. The maximum atomic E-state index is 13.0. The van der Waals surface area contributed by atoms with Gasteiger partial charge in [-0.1, -0.05) is 63.4 Å². The number of benzene rings is 1. The van der Waals surface area contributed by atoms with Gasteiger partial charge in [0.25, 0.3) is 5.56 Å². The van der Waals surface area contributed by atoms with Gasteiger partial charge in [0.15, 0.2) is 5.82 Å². The lowest BCUT2D eigenvalue weighted by atomic mass is 10.1. The summed E-state index contributed by atoms with van der Waals surface area (Å²) in [6.45, 7) is 8.34. The summed E-state index contributed by atoms with van der Waals surface area (Å²) in [7, 11) is 1.26. The molecule has 8 nitrogen and oxygen atoms in total. The van der Waals surface area contributed by atoms with Crippen molar-refractivity contribution in [1.29, 1.82) is 0 Å². The van der Waals surface area contributed by atoms with Crippen LogP contribution in [0.5, 0.6) is 0 Å². The maximum Gasteiger partial charge on any atom is 0.356 e. The second kappa shape index (κ2) is 12.4. The van der Waals surface area contributed by atoms with Gasteiger partial charge in [0.05, 0.1) is 12.8 Å². The Kier molecular flexibility index (Phi) is 9.94. The highest BCUT2D eigenvalue weighted by molar-refractivity contribution is 6.31. The highest BCUT2D eigenvalue weighted by Crippen LogP contribution is 2.26. The second-order valence-electron chi connectivity index (χ2n) is 7.55. The zero-order chi connectivity index (χ0) is 24.5. The van der Waals surface area contributed by atoms with Crippen molar-refractivity contribution >= 4 is 28.9 Å². The molecule has 0 spiro atoms. The number of aryl methyl sites for hydroxylation is 1. The van der Waals surface area contributed by atoms with Gasteiger partial charge in [-0.3, -0.25) is 4.79 Å². The summed E-state index contributed by atoms with van der Waals surface area (Å²) in [5, 5.41) is 8.51. The van der Waals surface area contributed by atoms with Gasteiger partial charge < -0.3 is 20.8 Å². The number of hydrogen-bond donors (Lipinski definition) is 3. The first-order valence-electron chi connectivity index (χ1n) is 11.3. The van der Waals surface area contributed by atoms with E-state index in [1.165, 1.54) is 11.6 Å². The molecule has 0 unspecified atom stereocenters. The zero-order valence-electron chi connectivity index (χ0n) is 20.0. The Morgan fingerprint density at radius 3 is 2.67 bits per heavy atom. The molecule has 3 rings (SSSR count). The number of halogens is 1. The van der Waals surface area contributed by atoms with Gasteiger partial charge in [0, 0.05) is 29.6 Å². The van der Waals surface area contributed by atoms with Crippen LogP contribution in [0.1, 0.15) is 67.3 Å². The van der Waals surface area contributed by atoms with Crippen molar-refractivity contribution in [3.8, 4) is 0 Å². The molecule has 180 valence electrons. The topological polar surface area (TPSA) is 115 Å². The number of hydrogen-bond acceptors (Lipinski definition) is 6. The number of rotatable bonds is 9. The van der Waals surface area contributed by atoms with Gasteiger partial charge in [-0.15, -0.1) is 5.10 Å². The third-order valence-electron chi connectivity index (χ3n) is 5.29. The predicted molar refractivity (Wildman–Crippen MR) is 133 cm³/mol. The number of nitrogens with zero attached hydrogens (tertiary/aromatic N) is 2. The number of carbonyl (C=O) groups excluding carboxylic acids is 1. The lowest BCUT2D eigenvalue weighted by molar-refractivity contribution is 0.0592. The third kappa shape index (κ3) is 6.15. The third-order valence-corrected chi connectivity index (χ3v) is 5.66. The molecule has 1 aromatic carbocycles. The van der Waals surface area contributed by atoms with Crippen LogP contribution in [0.25, 0.3) is 5.52 Å². The van der Waals surface area contributed by atoms with E-state index in [4.69, 9.17) is 22.1 Å². The molecule has 0 saturated heterocycles. The van der Waals surface area contributed by atoms with E-state index < -0.39 is 11.5 Å². The summed E-state index contributed by atoms with van der Waals surface area (Å²) >= 11 is 6.37. The van der Waals surface area contributed by atoms with Gasteiger partial charge in [-0.05, 0) is 25.0 Å². The summed E-state index contributed by atoms with van der Waals surface area (Å²) < 4.78 is 6.27. The van der Waals surface area contributed by atoms with Crippen LogP contribution in [0.3, 0.4) is 0 Å². The monoisotopic (exact) mass is 475 g/mol. The Labute approximate surface area is 199 Å². The minimum Gasteiger partial charge on any atom is -0.464 e. The molecule has 9 heteroatoms. The first-order chi connectivity index (χ1) is 15.9. The van der Waals surface area contributed by atoms with Crippen LogP contribution in [-0.4, -0.2) is 40.3 Å². The molecule has 3 aromatic rings. The van der Waals surface area contributed by atoms with Crippen molar-refractivity contribution in [2.75, 3.05) is 19.0 Å². The van der Waals surface area contributed by atoms with Crippen LogP contribution in [0.15, 0.2) is 29.1 Å². The quantitative estimate of drug-likeness (QED) is 0.397. The Bertz CT molecular complexity index is 1140. The fraction of sp³-hybridized carbons (Fsp3) is 0.458. The van der Waals surface area contributed by atoms with Gasteiger partial charge in [-0.25, -0.2) is 9.31 Å². The minimum absolute atomic E-state index is 0.0389. The number of unbranched alkanes of at least 4 members (excludes halogenated alkanes) is 1. The number of nitrogens with one attached hydrogen (secondary N) is 2. The van der Waals surface area contributed by atoms with Crippen molar-refractivity contribution in [2.45, 2.75) is 59.4 Å². The van der Waals surface area contributed by atoms with E-state index in [0.717, 1.165) is 24.8 Å². The van der Waals surface area contributed by atoms with Crippen molar-refractivity contribution in [3.05, 3.63) is 62.2 Å². The van der Waals surface area contributed by atoms with E-state index in [1.807, 2.05) is 32.0 Å². The van der Waals surface area contributed by atoms with Crippen LogP contribution in [0.4, 0.5) is 5.82 Å². The Morgan fingerprint density at radius 1 is 1.33 bits per heavy atom. The average molecular weight is 476 g/mol. The Morgan fingerprint density at radius 2 is 2.03 bits per heavy atom.